The second kappa shape index (κ2) is 7.28. The second-order valence-corrected chi connectivity index (χ2v) is 8.05. The Hall–Kier alpha value is -2.68. The molecule has 2 aromatic heterocycles. The summed E-state index contributed by atoms with van der Waals surface area (Å²) in [4.78, 5) is 17.5. The fraction of sp³-hybridized carbons (Fsp3) is 0.143. The zero-order valence-corrected chi connectivity index (χ0v) is 15.6. The molecule has 0 saturated carbocycles. The van der Waals surface area contributed by atoms with Gasteiger partial charge in [0, 0.05) is 22.4 Å². The largest absolute Gasteiger partial charge is 0.327 e. The third-order valence-corrected chi connectivity index (χ3v) is 6.44. The number of thiophene rings is 2. The van der Waals surface area contributed by atoms with E-state index >= 15 is 0 Å². The van der Waals surface area contributed by atoms with Crippen LogP contribution >= 0.6 is 22.7 Å². The summed E-state index contributed by atoms with van der Waals surface area (Å²) in [5, 5.41) is 13.0. The molecule has 26 heavy (non-hydrogen) atoms. The smallest absolute Gasteiger partial charge is 0.247 e. The van der Waals surface area contributed by atoms with Crippen LogP contribution in [-0.2, 0) is 11.2 Å². The van der Waals surface area contributed by atoms with Crippen LogP contribution in [0.3, 0.4) is 0 Å². The summed E-state index contributed by atoms with van der Waals surface area (Å²) < 4.78 is 0. The standard InChI is InChI=1S/C21H16N2OS2/c22-14-16-5-3-15(4-6-16)7-8-20(24)23-11-9-18-17(10-13-26-18)21(23)19-2-1-12-25-19/h1-8,10,12-13,21H,9,11H2/b8-7-. The number of hydrogen-bond acceptors (Lipinski definition) is 4. The van der Waals surface area contributed by atoms with E-state index in [1.165, 1.54) is 15.3 Å². The molecule has 4 rings (SSSR count). The van der Waals surface area contributed by atoms with Crippen molar-refractivity contribution < 1.29 is 4.79 Å². The first kappa shape index (κ1) is 16.8. The molecule has 1 unspecified atom stereocenters. The highest BCUT2D eigenvalue weighted by molar-refractivity contribution is 7.10. The maximum atomic E-state index is 12.9. The number of fused-ring (bicyclic) bond motifs is 1. The Morgan fingerprint density at radius 3 is 2.73 bits per heavy atom. The molecule has 1 aliphatic rings. The highest BCUT2D eigenvalue weighted by Crippen LogP contribution is 2.39. The Balaban J connectivity index is 1.60. The van der Waals surface area contributed by atoms with Crippen LogP contribution in [-0.4, -0.2) is 17.4 Å². The van der Waals surface area contributed by atoms with Crippen molar-refractivity contribution in [1.82, 2.24) is 4.90 Å². The number of hydrogen-bond donors (Lipinski definition) is 0. The van der Waals surface area contributed by atoms with Crippen LogP contribution in [0.15, 0.2) is 59.3 Å². The van der Waals surface area contributed by atoms with Gasteiger partial charge in [-0.2, -0.15) is 5.26 Å². The van der Waals surface area contributed by atoms with Gasteiger partial charge in [0.05, 0.1) is 17.7 Å². The fourth-order valence-corrected chi connectivity index (χ4v) is 5.00. The number of nitrogens with zero attached hydrogens (tertiary/aromatic N) is 2. The van der Waals surface area contributed by atoms with Crippen molar-refractivity contribution in [2.45, 2.75) is 12.5 Å². The zero-order chi connectivity index (χ0) is 17.9. The average Bonchev–Trinajstić information content (AvgIpc) is 3.37. The number of carbonyl (C=O) groups excluding carboxylic acids is 1. The van der Waals surface area contributed by atoms with E-state index in [9.17, 15) is 4.79 Å². The summed E-state index contributed by atoms with van der Waals surface area (Å²) in [5.41, 5.74) is 2.79. The molecule has 0 bridgehead atoms. The molecule has 3 aromatic rings. The van der Waals surface area contributed by atoms with E-state index < -0.39 is 0 Å². The van der Waals surface area contributed by atoms with Crippen LogP contribution in [0.25, 0.3) is 6.08 Å². The van der Waals surface area contributed by atoms with Crippen LogP contribution < -0.4 is 0 Å². The van der Waals surface area contributed by atoms with Gasteiger partial charge in [0.15, 0.2) is 0 Å². The lowest BCUT2D eigenvalue weighted by Gasteiger charge is -2.34. The minimum absolute atomic E-state index is 0.00288. The van der Waals surface area contributed by atoms with E-state index in [-0.39, 0.29) is 11.9 Å². The van der Waals surface area contributed by atoms with Crippen LogP contribution in [0.4, 0.5) is 0 Å². The molecule has 1 aromatic carbocycles. The van der Waals surface area contributed by atoms with E-state index in [4.69, 9.17) is 5.26 Å². The molecule has 0 aliphatic carbocycles. The molecule has 0 fully saturated rings. The van der Waals surface area contributed by atoms with Gasteiger partial charge in [-0.15, -0.1) is 22.7 Å². The first-order valence-electron chi connectivity index (χ1n) is 8.35. The molecular formula is C21H16N2OS2. The number of rotatable bonds is 3. The van der Waals surface area contributed by atoms with Gasteiger partial charge in [-0.05, 0) is 58.6 Å². The summed E-state index contributed by atoms with van der Waals surface area (Å²) in [6.45, 7) is 0.729. The minimum Gasteiger partial charge on any atom is -0.327 e. The van der Waals surface area contributed by atoms with E-state index in [0.717, 1.165) is 18.5 Å². The molecule has 5 heteroatoms. The van der Waals surface area contributed by atoms with Crippen LogP contribution in [0, 0.1) is 11.3 Å². The Morgan fingerprint density at radius 2 is 2.00 bits per heavy atom. The van der Waals surface area contributed by atoms with E-state index in [2.05, 4.69) is 29.0 Å². The normalized spacial score (nSPS) is 16.4. The molecule has 1 atom stereocenters. The Morgan fingerprint density at radius 1 is 1.15 bits per heavy atom. The molecule has 0 N–H and O–H groups in total. The van der Waals surface area contributed by atoms with E-state index in [0.29, 0.717) is 5.56 Å². The third-order valence-electron chi connectivity index (χ3n) is 4.52. The summed E-state index contributed by atoms with van der Waals surface area (Å²) in [6.07, 6.45) is 4.36. The van der Waals surface area contributed by atoms with Crippen molar-refractivity contribution >= 4 is 34.7 Å². The molecular weight excluding hydrogens is 360 g/mol. The van der Waals surface area contributed by atoms with Crippen molar-refractivity contribution in [1.29, 1.82) is 5.26 Å². The number of benzene rings is 1. The Kier molecular flexibility index (Phi) is 4.70. The van der Waals surface area contributed by atoms with Gasteiger partial charge in [0.2, 0.25) is 5.91 Å². The van der Waals surface area contributed by atoms with Crippen molar-refractivity contribution in [2.24, 2.45) is 0 Å². The van der Waals surface area contributed by atoms with Crippen LogP contribution in [0.1, 0.15) is 32.5 Å². The maximum Gasteiger partial charge on any atom is 0.247 e. The molecule has 0 saturated heterocycles. The number of carbonyl (C=O) groups is 1. The topological polar surface area (TPSA) is 44.1 Å². The van der Waals surface area contributed by atoms with E-state index in [1.807, 2.05) is 29.2 Å². The van der Waals surface area contributed by atoms with Crippen molar-refractivity contribution in [3.05, 3.63) is 85.7 Å². The second-order valence-electron chi connectivity index (χ2n) is 6.07. The first-order valence-corrected chi connectivity index (χ1v) is 10.1. The van der Waals surface area contributed by atoms with Crippen molar-refractivity contribution in [3.8, 4) is 6.07 Å². The predicted molar refractivity (Wildman–Crippen MR) is 106 cm³/mol. The van der Waals surface area contributed by atoms with Gasteiger partial charge in [-0.25, -0.2) is 0 Å². The Labute approximate surface area is 160 Å². The lowest BCUT2D eigenvalue weighted by Crippen LogP contribution is -2.38. The molecule has 128 valence electrons. The summed E-state index contributed by atoms with van der Waals surface area (Å²) in [6, 6.07) is 15.6. The van der Waals surface area contributed by atoms with Crippen molar-refractivity contribution in [2.75, 3.05) is 6.54 Å². The van der Waals surface area contributed by atoms with Crippen LogP contribution in [0.2, 0.25) is 0 Å². The van der Waals surface area contributed by atoms with Crippen LogP contribution in [0.5, 0.6) is 0 Å². The monoisotopic (exact) mass is 376 g/mol. The molecule has 0 spiro atoms. The lowest BCUT2D eigenvalue weighted by molar-refractivity contribution is -0.127. The molecule has 0 radical (unpaired) electrons. The molecule has 3 heterocycles. The SMILES string of the molecule is N#Cc1ccc(/C=C\C(=O)N2CCc3sccc3C2c2cccs2)cc1. The Bertz CT molecular complexity index is 978. The highest BCUT2D eigenvalue weighted by atomic mass is 32.1. The number of amides is 1. The van der Waals surface area contributed by atoms with Gasteiger partial charge in [0.1, 0.15) is 0 Å². The van der Waals surface area contributed by atoms with Gasteiger partial charge in [0.25, 0.3) is 0 Å². The highest BCUT2D eigenvalue weighted by Gasteiger charge is 2.32. The van der Waals surface area contributed by atoms with Gasteiger partial charge in [-0.3, -0.25) is 4.79 Å². The van der Waals surface area contributed by atoms with Crippen molar-refractivity contribution in [3.63, 3.8) is 0 Å². The molecule has 1 aliphatic heterocycles. The zero-order valence-electron chi connectivity index (χ0n) is 14.0. The molecule has 3 nitrogen and oxygen atoms in total. The lowest BCUT2D eigenvalue weighted by atomic mass is 9.98. The maximum absolute atomic E-state index is 12.9. The fourth-order valence-electron chi connectivity index (χ4n) is 3.24. The number of nitriles is 1. The predicted octanol–water partition coefficient (Wildman–Crippen LogP) is 4.87. The van der Waals surface area contributed by atoms with Gasteiger partial charge >= 0.3 is 0 Å². The first-order chi connectivity index (χ1) is 12.8. The van der Waals surface area contributed by atoms with E-state index in [1.54, 1.807) is 40.9 Å². The van der Waals surface area contributed by atoms with Gasteiger partial charge < -0.3 is 4.90 Å². The average molecular weight is 377 g/mol. The quantitative estimate of drug-likeness (QED) is 0.612. The summed E-state index contributed by atoms with van der Waals surface area (Å²) in [5.74, 6) is 0.0182. The summed E-state index contributed by atoms with van der Waals surface area (Å²) >= 11 is 3.47. The minimum atomic E-state index is 0.00288. The third kappa shape index (κ3) is 3.22. The summed E-state index contributed by atoms with van der Waals surface area (Å²) in [7, 11) is 0. The molecule has 1 amide bonds. The van der Waals surface area contributed by atoms with Gasteiger partial charge in [-0.1, -0.05) is 18.2 Å².